The van der Waals surface area contributed by atoms with Crippen molar-refractivity contribution in [3.8, 4) is 0 Å². The van der Waals surface area contributed by atoms with Crippen molar-refractivity contribution in [1.29, 1.82) is 0 Å². The Balaban J connectivity index is 2.26. The van der Waals surface area contributed by atoms with Gasteiger partial charge in [-0.1, -0.05) is 6.07 Å². The molecule has 0 spiro atoms. The zero-order valence-electron chi connectivity index (χ0n) is 9.73. The number of hydrogen-bond acceptors (Lipinski definition) is 3. The van der Waals surface area contributed by atoms with Gasteiger partial charge in [0.25, 0.3) is 0 Å². The molecule has 1 aromatic rings. The van der Waals surface area contributed by atoms with Gasteiger partial charge in [0.15, 0.2) is 0 Å². The fraction of sp³-hybridized carbons (Fsp3) is 0.462. The number of rotatable bonds is 2. The largest absolute Gasteiger partial charge is 0.495 e. The Morgan fingerprint density at radius 2 is 2.19 bits per heavy atom. The second-order valence-corrected chi connectivity index (χ2v) is 4.13. The molecule has 1 unspecified atom stereocenters. The second-order valence-electron chi connectivity index (χ2n) is 4.13. The SMILES string of the molecule is Cc1ccc(C(O)C2=CCCCO2)c(C)n1. The van der Waals surface area contributed by atoms with Crippen LogP contribution in [0.5, 0.6) is 0 Å². The van der Waals surface area contributed by atoms with Crippen molar-refractivity contribution < 1.29 is 9.84 Å². The minimum absolute atomic E-state index is 0.667. The zero-order chi connectivity index (χ0) is 11.5. The quantitative estimate of drug-likeness (QED) is 0.830. The summed E-state index contributed by atoms with van der Waals surface area (Å²) in [6.07, 6.45) is 3.30. The smallest absolute Gasteiger partial charge is 0.137 e. The van der Waals surface area contributed by atoms with Gasteiger partial charge in [0.05, 0.1) is 6.61 Å². The molecule has 86 valence electrons. The van der Waals surface area contributed by atoms with Gasteiger partial charge in [-0.2, -0.15) is 0 Å². The Kier molecular flexibility index (Phi) is 3.25. The first kappa shape index (κ1) is 11.1. The second kappa shape index (κ2) is 4.66. The van der Waals surface area contributed by atoms with Crippen LogP contribution in [0.25, 0.3) is 0 Å². The average Bonchev–Trinajstić information content (AvgIpc) is 2.29. The maximum absolute atomic E-state index is 10.2. The third kappa shape index (κ3) is 2.25. The molecule has 16 heavy (non-hydrogen) atoms. The molecule has 0 radical (unpaired) electrons. The molecule has 1 aromatic heterocycles. The number of hydrogen-bond donors (Lipinski definition) is 1. The van der Waals surface area contributed by atoms with Crippen LogP contribution in [-0.4, -0.2) is 16.7 Å². The highest BCUT2D eigenvalue weighted by molar-refractivity contribution is 5.28. The van der Waals surface area contributed by atoms with Gasteiger partial charge in [-0.15, -0.1) is 0 Å². The minimum Gasteiger partial charge on any atom is -0.495 e. The summed E-state index contributed by atoms with van der Waals surface area (Å²) >= 11 is 0. The van der Waals surface area contributed by atoms with E-state index in [4.69, 9.17) is 4.74 Å². The molecule has 0 aromatic carbocycles. The van der Waals surface area contributed by atoms with Crippen LogP contribution in [0.4, 0.5) is 0 Å². The van der Waals surface area contributed by atoms with Crippen molar-refractivity contribution in [2.75, 3.05) is 6.61 Å². The zero-order valence-corrected chi connectivity index (χ0v) is 9.73. The van der Waals surface area contributed by atoms with Gasteiger partial charge in [-0.25, -0.2) is 0 Å². The molecule has 1 aliphatic heterocycles. The van der Waals surface area contributed by atoms with E-state index in [1.165, 1.54) is 0 Å². The topological polar surface area (TPSA) is 42.4 Å². The first-order chi connectivity index (χ1) is 7.68. The molecule has 0 aliphatic carbocycles. The molecular formula is C13H17NO2. The van der Waals surface area contributed by atoms with Crippen LogP contribution in [0.2, 0.25) is 0 Å². The van der Waals surface area contributed by atoms with Crippen LogP contribution < -0.4 is 0 Å². The minimum atomic E-state index is -0.673. The fourth-order valence-electron chi connectivity index (χ4n) is 1.91. The van der Waals surface area contributed by atoms with Gasteiger partial charge >= 0.3 is 0 Å². The molecule has 0 saturated carbocycles. The predicted octanol–water partition coefficient (Wildman–Crippen LogP) is 2.43. The normalized spacial score (nSPS) is 17.6. The number of ether oxygens (including phenoxy) is 1. The van der Waals surface area contributed by atoms with E-state index in [-0.39, 0.29) is 0 Å². The van der Waals surface area contributed by atoms with Crippen molar-refractivity contribution in [3.05, 3.63) is 40.9 Å². The van der Waals surface area contributed by atoms with E-state index in [1.807, 2.05) is 32.1 Å². The number of aliphatic hydroxyl groups excluding tert-OH is 1. The van der Waals surface area contributed by atoms with Crippen LogP contribution in [-0.2, 0) is 4.74 Å². The molecule has 1 aliphatic rings. The molecule has 3 heteroatoms. The lowest BCUT2D eigenvalue weighted by Crippen LogP contribution is -2.11. The Bertz CT molecular complexity index is 412. The number of aromatic nitrogens is 1. The standard InChI is InChI=1S/C13H17NO2/c1-9-6-7-11(10(2)14-9)13(15)12-5-3-4-8-16-12/h5-7,13,15H,3-4,8H2,1-2H3. The summed E-state index contributed by atoms with van der Waals surface area (Å²) in [4.78, 5) is 4.35. The maximum atomic E-state index is 10.2. The molecular weight excluding hydrogens is 202 g/mol. The van der Waals surface area contributed by atoms with Gasteiger partial charge in [0.1, 0.15) is 11.9 Å². The summed E-state index contributed by atoms with van der Waals surface area (Å²) in [6, 6.07) is 3.83. The van der Waals surface area contributed by atoms with Crippen LogP contribution in [0.3, 0.4) is 0 Å². The molecule has 0 bridgehead atoms. The monoisotopic (exact) mass is 219 g/mol. The summed E-state index contributed by atoms with van der Waals surface area (Å²) in [7, 11) is 0. The third-order valence-electron chi connectivity index (χ3n) is 2.79. The summed E-state index contributed by atoms with van der Waals surface area (Å²) in [5.74, 6) is 0.667. The first-order valence-electron chi connectivity index (χ1n) is 5.63. The van der Waals surface area contributed by atoms with Crippen LogP contribution >= 0.6 is 0 Å². The summed E-state index contributed by atoms with van der Waals surface area (Å²) < 4.78 is 5.46. The van der Waals surface area contributed by atoms with Crippen LogP contribution in [0, 0.1) is 13.8 Å². The molecule has 0 fully saturated rings. The summed E-state index contributed by atoms with van der Waals surface area (Å²) in [5.41, 5.74) is 2.66. The van der Waals surface area contributed by atoms with E-state index >= 15 is 0 Å². The number of allylic oxidation sites excluding steroid dienone is 1. The van der Waals surface area contributed by atoms with Crippen molar-refractivity contribution in [2.24, 2.45) is 0 Å². The highest BCUT2D eigenvalue weighted by atomic mass is 16.5. The highest BCUT2D eigenvalue weighted by Gasteiger charge is 2.19. The fourth-order valence-corrected chi connectivity index (χ4v) is 1.91. The van der Waals surface area contributed by atoms with Gasteiger partial charge in [0.2, 0.25) is 0 Å². The lowest BCUT2D eigenvalue weighted by molar-refractivity contribution is 0.0912. The Morgan fingerprint density at radius 1 is 1.38 bits per heavy atom. The van der Waals surface area contributed by atoms with Crippen molar-refractivity contribution >= 4 is 0 Å². The predicted molar refractivity (Wildman–Crippen MR) is 61.9 cm³/mol. The van der Waals surface area contributed by atoms with E-state index in [0.29, 0.717) is 12.4 Å². The molecule has 1 N–H and O–H groups in total. The highest BCUT2D eigenvalue weighted by Crippen LogP contribution is 2.27. The Labute approximate surface area is 95.8 Å². The molecule has 1 atom stereocenters. The van der Waals surface area contributed by atoms with E-state index < -0.39 is 6.10 Å². The van der Waals surface area contributed by atoms with Crippen LogP contribution in [0.15, 0.2) is 24.0 Å². The molecule has 2 heterocycles. The number of aliphatic hydroxyl groups is 1. The lowest BCUT2D eigenvalue weighted by atomic mass is 10.0. The van der Waals surface area contributed by atoms with Gasteiger partial charge < -0.3 is 9.84 Å². The maximum Gasteiger partial charge on any atom is 0.137 e. The van der Waals surface area contributed by atoms with Crippen LogP contribution in [0.1, 0.15) is 35.9 Å². The molecule has 2 rings (SSSR count). The molecule has 0 amide bonds. The van der Waals surface area contributed by atoms with Crippen molar-refractivity contribution in [1.82, 2.24) is 4.98 Å². The van der Waals surface area contributed by atoms with Gasteiger partial charge in [-0.05, 0) is 38.8 Å². The van der Waals surface area contributed by atoms with Crippen molar-refractivity contribution in [2.45, 2.75) is 32.8 Å². The van der Waals surface area contributed by atoms with E-state index in [2.05, 4.69) is 4.98 Å². The Morgan fingerprint density at radius 3 is 2.81 bits per heavy atom. The number of pyridine rings is 1. The first-order valence-corrected chi connectivity index (χ1v) is 5.63. The lowest BCUT2D eigenvalue weighted by Gasteiger charge is -2.21. The van der Waals surface area contributed by atoms with E-state index in [0.717, 1.165) is 29.8 Å². The third-order valence-corrected chi connectivity index (χ3v) is 2.79. The van der Waals surface area contributed by atoms with Crippen molar-refractivity contribution in [3.63, 3.8) is 0 Å². The number of aryl methyl sites for hydroxylation is 2. The summed E-state index contributed by atoms with van der Waals surface area (Å²) in [5, 5.41) is 10.2. The Hall–Kier alpha value is -1.35. The average molecular weight is 219 g/mol. The van der Waals surface area contributed by atoms with E-state index in [9.17, 15) is 5.11 Å². The van der Waals surface area contributed by atoms with E-state index in [1.54, 1.807) is 0 Å². The molecule has 3 nitrogen and oxygen atoms in total. The summed E-state index contributed by atoms with van der Waals surface area (Å²) in [6.45, 7) is 4.55. The van der Waals surface area contributed by atoms with Gasteiger partial charge in [-0.3, -0.25) is 4.98 Å². The number of nitrogens with zero attached hydrogens (tertiary/aromatic N) is 1. The van der Waals surface area contributed by atoms with Gasteiger partial charge in [0, 0.05) is 17.0 Å². The molecule has 0 saturated heterocycles.